The Morgan fingerprint density at radius 2 is 2.47 bits per heavy atom. The molecule has 1 heterocycles. The number of nitriles is 1. The Kier molecular flexibility index (Phi) is 3.35. The lowest BCUT2D eigenvalue weighted by Crippen LogP contribution is -2.22. The van der Waals surface area contributed by atoms with Gasteiger partial charge in [-0.2, -0.15) is 5.26 Å². The average molecular weight is 253 g/mol. The molecule has 1 unspecified atom stereocenters. The van der Waals surface area contributed by atoms with Crippen LogP contribution in [0.3, 0.4) is 0 Å². The number of cyclic esters (lactones) is 1. The number of ether oxygens (including phenoxy) is 2. The Labute approximate surface area is 103 Å². The van der Waals surface area contributed by atoms with Gasteiger partial charge in [0, 0.05) is 0 Å². The van der Waals surface area contributed by atoms with Gasteiger partial charge in [-0.25, -0.2) is 4.79 Å². The first-order valence-electron chi connectivity index (χ1n) is 4.96. The standard InChI is InChI=1S/C11H9ClN2O3/c12-9-2-1-3-10(8(9)4-13)16-6-7-5-14-11(15)17-7/h1-3,7H,5-6H2,(H,14,15). The average Bonchev–Trinajstić information content (AvgIpc) is 2.72. The van der Waals surface area contributed by atoms with Crippen molar-refractivity contribution in [3.05, 3.63) is 28.8 Å². The van der Waals surface area contributed by atoms with Crippen molar-refractivity contribution in [2.24, 2.45) is 0 Å². The smallest absolute Gasteiger partial charge is 0.407 e. The topological polar surface area (TPSA) is 71.3 Å². The number of hydrogen-bond donors (Lipinski definition) is 1. The first kappa shape index (κ1) is 11.6. The normalized spacial score (nSPS) is 18.1. The van der Waals surface area contributed by atoms with Crippen molar-refractivity contribution in [1.82, 2.24) is 5.32 Å². The summed E-state index contributed by atoms with van der Waals surface area (Å²) in [5.41, 5.74) is 0.284. The monoisotopic (exact) mass is 252 g/mol. The van der Waals surface area contributed by atoms with Gasteiger partial charge in [0.15, 0.2) is 6.10 Å². The number of rotatable bonds is 3. The summed E-state index contributed by atoms with van der Waals surface area (Å²) in [7, 11) is 0. The molecule has 1 aromatic carbocycles. The van der Waals surface area contributed by atoms with Crippen molar-refractivity contribution in [1.29, 1.82) is 5.26 Å². The number of nitrogens with one attached hydrogen (secondary N) is 1. The minimum atomic E-state index is -0.454. The van der Waals surface area contributed by atoms with E-state index in [9.17, 15) is 4.79 Å². The zero-order chi connectivity index (χ0) is 12.3. The molecule has 2 rings (SSSR count). The maximum absolute atomic E-state index is 10.8. The molecule has 0 aromatic heterocycles. The number of hydrogen-bond acceptors (Lipinski definition) is 4. The lowest BCUT2D eigenvalue weighted by atomic mass is 10.2. The van der Waals surface area contributed by atoms with Crippen molar-refractivity contribution in [3.8, 4) is 11.8 Å². The molecule has 0 radical (unpaired) electrons. The second-order valence-corrected chi connectivity index (χ2v) is 3.85. The van der Waals surface area contributed by atoms with Crippen LogP contribution >= 0.6 is 11.6 Å². The number of amides is 1. The van der Waals surface area contributed by atoms with E-state index in [4.69, 9.17) is 26.3 Å². The largest absolute Gasteiger partial charge is 0.488 e. The van der Waals surface area contributed by atoms with Crippen LogP contribution < -0.4 is 10.1 Å². The molecule has 1 N–H and O–H groups in total. The molecule has 0 bridgehead atoms. The Morgan fingerprint density at radius 3 is 3.12 bits per heavy atom. The predicted octanol–water partition coefficient (Wildman–Crippen LogP) is 1.70. The molecule has 6 heteroatoms. The number of carbonyl (C=O) groups excluding carboxylic acids is 1. The van der Waals surface area contributed by atoms with Crippen LogP contribution in [0.25, 0.3) is 0 Å². The van der Waals surface area contributed by atoms with Gasteiger partial charge in [0.1, 0.15) is 24.0 Å². The lowest BCUT2D eigenvalue weighted by molar-refractivity contribution is 0.105. The van der Waals surface area contributed by atoms with Gasteiger partial charge in [-0.15, -0.1) is 0 Å². The van der Waals surface area contributed by atoms with Crippen molar-refractivity contribution in [3.63, 3.8) is 0 Å². The van der Waals surface area contributed by atoms with Gasteiger partial charge in [-0.1, -0.05) is 17.7 Å². The van der Waals surface area contributed by atoms with E-state index < -0.39 is 6.09 Å². The van der Waals surface area contributed by atoms with E-state index in [2.05, 4.69) is 5.32 Å². The highest BCUT2D eigenvalue weighted by Gasteiger charge is 2.23. The van der Waals surface area contributed by atoms with E-state index in [0.29, 0.717) is 17.3 Å². The van der Waals surface area contributed by atoms with E-state index in [1.54, 1.807) is 18.2 Å². The fraction of sp³-hybridized carbons (Fsp3) is 0.273. The van der Waals surface area contributed by atoms with Crippen molar-refractivity contribution < 1.29 is 14.3 Å². The van der Waals surface area contributed by atoms with Crippen LogP contribution in [-0.4, -0.2) is 25.3 Å². The second kappa shape index (κ2) is 4.93. The molecule has 1 amide bonds. The van der Waals surface area contributed by atoms with Gasteiger partial charge in [0.05, 0.1) is 11.6 Å². The molecule has 1 aliphatic heterocycles. The summed E-state index contributed by atoms with van der Waals surface area (Å²) >= 11 is 5.85. The van der Waals surface area contributed by atoms with Gasteiger partial charge in [0.2, 0.25) is 0 Å². The van der Waals surface area contributed by atoms with Gasteiger partial charge >= 0.3 is 6.09 Å². The molecule has 1 atom stereocenters. The molecule has 0 aliphatic carbocycles. The van der Waals surface area contributed by atoms with E-state index in [0.717, 1.165) is 0 Å². The fourth-order valence-electron chi connectivity index (χ4n) is 1.44. The SMILES string of the molecule is N#Cc1c(Cl)cccc1OCC1CNC(=O)O1. The minimum Gasteiger partial charge on any atom is -0.488 e. The number of alkyl carbamates (subject to hydrolysis) is 1. The zero-order valence-electron chi connectivity index (χ0n) is 8.77. The van der Waals surface area contributed by atoms with Crippen LogP contribution in [0.4, 0.5) is 4.79 Å². The highest BCUT2D eigenvalue weighted by atomic mass is 35.5. The third-order valence-corrected chi connectivity index (χ3v) is 2.57. The number of carbonyl (C=O) groups is 1. The Morgan fingerprint density at radius 1 is 1.65 bits per heavy atom. The second-order valence-electron chi connectivity index (χ2n) is 3.44. The van der Waals surface area contributed by atoms with Gasteiger partial charge in [-0.05, 0) is 12.1 Å². The van der Waals surface area contributed by atoms with E-state index in [1.807, 2.05) is 6.07 Å². The van der Waals surface area contributed by atoms with Crippen molar-refractivity contribution >= 4 is 17.7 Å². The van der Waals surface area contributed by atoms with Gasteiger partial charge < -0.3 is 14.8 Å². The van der Waals surface area contributed by atoms with Crippen molar-refractivity contribution in [2.45, 2.75) is 6.10 Å². The lowest BCUT2D eigenvalue weighted by Gasteiger charge is -2.11. The van der Waals surface area contributed by atoms with E-state index >= 15 is 0 Å². The number of nitrogens with zero attached hydrogens (tertiary/aromatic N) is 1. The molecule has 0 saturated carbocycles. The summed E-state index contributed by atoms with van der Waals surface area (Å²) < 4.78 is 10.3. The summed E-state index contributed by atoms with van der Waals surface area (Å²) in [6, 6.07) is 6.92. The first-order valence-corrected chi connectivity index (χ1v) is 5.34. The summed E-state index contributed by atoms with van der Waals surface area (Å²) in [6.07, 6.45) is -0.793. The predicted molar refractivity (Wildman–Crippen MR) is 59.9 cm³/mol. The zero-order valence-corrected chi connectivity index (χ0v) is 9.53. The van der Waals surface area contributed by atoms with Gasteiger partial charge in [-0.3, -0.25) is 0 Å². The van der Waals surface area contributed by atoms with Crippen LogP contribution in [-0.2, 0) is 4.74 Å². The minimum absolute atomic E-state index is 0.188. The fourth-order valence-corrected chi connectivity index (χ4v) is 1.65. The molecule has 1 aromatic rings. The molecular formula is C11H9ClN2O3. The van der Waals surface area contributed by atoms with Crippen LogP contribution in [0.1, 0.15) is 5.56 Å². The van der Waals surface area contributed by atoms with Gasteiger partial charge in [0.25, 0.3) is 0 Å². The Hall–Kier alpha value is -1.93. The molecule has 88 valence electrons. The van der Waals surface area contributed by atoms with E-state index in [-0.39, 0.29) is 18.3 Å². The summed E-state index contributed by atoms with van der Waals surface area (Å²) in [5, 5.41) is 11.8. The van der Waals surface area contributed by atoms with Crippen LogP contribution in [0.15, 0.2) is 18.2 Å². The molecule has 0 spiro atoms. The molecule has 1 saturated heterocycles. The summed E-state index contributed by atoms with van der Waals surface area (Å²) in [4.78, 5) is 10.8. The number of halogens is 1. The van der Waals surface area contributed by atoms with Crippen LogP contribution in [0.2, 0.25) is 5.02 Å². The first-order chi connectivity index (χ1) is 8.20. The van der Waals surface area contributed by atoms with Crippen LogP contribution in [0.5, 0.6) is 5.75 Å². The van der Waals surface area contributed by atoms with Crippen molar-refractivity contribution in [2.75, 3.05) is 13.2 Å². The molecule has 5 nitrogen and oxygen atoms in total. The molecular weight excluding hydrogens is 244 g/mol. The number of benzene rings is 1. The quantitative estimate of drug-likeness (QED) is 0.889. The molecule has 17 heavy (non-hydrogen) atoms. The Bertz CT molecular complexity index is 484. The molecule has 1 aliphatic rings. The van der Waals surface area contributed by atoms with E-state index in [1.165, 1.54) is 0 Å². The molecule has 1 fully saturated rings. The summed E-state index contributed by atoms with van der Waals surface area (Å²) in [6.45, 7) is 0.592. The highest BCUT2D eigenvalue weighted by molar-refractivity contribution is 6.31. The summed E-state index contributed by atoms with van der Waals surface area (Å²) in [5.74, 6) is 0.392. The maximum Gasteiger partial charge on any atom is 0.407 e. The Balaban J connectivity index is 2.02. The maximum atomic E-state index is 10.8. The third kappa shape index (κ3) is 2.60. The highest BCUT2D eigenvalue weighted by Crippen LogP contribution is 2.25. The van der Waals surface area contributed by atoms with Crippen LogP contribution in [0, 0.1) is 11.3 Å². The third-order valence-electron chi connectivity index (χ3n) is 2.26.